The number of hydrogen-bond acceptors (Lipinski definition) is 6. The lowest BCUT2D eigenvalue weighted by Crippen LogP contribution is -2.49. The molecule has 0 unspecified atom stereocenters. The summed E-state index contributed by atoms with van der Waals surface area (Å²) in [5.41, 5.74) is 6.13. The van der Waals surface area contributed by atoms with Gasteiger partial charge in [-0.05, 0) is 24.3 Å². The molecule has 7 nitrogen and oxygen atoms in total. The van der Waals surface area contributed by atoms with Crippen LogP contribution in [0.15, 0.2) is 40.3 Å². The maximum atomic E-state index is 13.0. The van der Waals surface area contributed by atoms with Gasteiger partial charge in [-0.1, -0.05) is 11.8 Å². The molecule has 1 aliphatic rings. The highest BCUT2D eigenvalue weighted by atomic mass is 32.2. The fraction of sp³-hybridized carbons (Fsp3) is 0.312. The number of thioether (sulfide) groups is 1. The highest BCUT2D eigenvalue weighted by Crippen LogP contribution is 2.18. The van der Waals surface area contributed by atoms with Gasteiger partial charge in [0.05, 0.1) is 5.75 Å². The molecule has 3 rings (SSSR count). The van der Waals surface area contributed by atoms with E-state index in [4.69, 9.17) is 5.73 Å². The minimum absolute atomic E-state index is 0.0196. The Morgan fingerprint density at radius 2 is 1.92 bits per heavy atom. The van der Waals surface area contributed by atoms with Gasteiger partial charge in [0.2, 0.25) is 5.91 Å². The smallest absolute Gasteiger partial charge is 0.253 e. The molecule has 1 aromatic carbocycles. The van der Waals surface area contributed by atoms with Crippen LogP contribution in [-0.2, 0) is 4.79 Å². The molecule has 0 aliphatic carbocycles. The van der Waals surface area contributed by atoms with Crippen molar-refractivity contribution in [2.45, 2.75) is 5.16 Å². The first-order valence-corrected chi connectivity index (χ1v) is 8.78. The molecule has 0 atom stereocenters. The Morgan fingerprint density at radius 3 is 2.56 bits per heavy atom. The number of nitrogen functional groups attached to an aromatic ring is 1. The van der Waals surface area contributed by atoms with Crippen molar-refractivity contribution in [2.75, 3.05) is 42.6 Å². The highest BCUT2D eigenvalue weighted by molar-refractivity contribution is 7.99. The number of H-pyrrole nitrogens is 1. The largest absolute Gasteiger partial charge is 0.383 e. The molecule has 0 radical (unpaired) electrons. The zero-order chi connectivity index (χ0) is 17.8. The molecule has 0 saturated carbocycles. The van der Waals surface area contributed by atoms with Gasteiger partial charge in [0, 0.05) is 37.9 Å². The number of benzene rings is 1. The summed E-state index contributed by atoms with van der Waals surface area (Å²) in [7, 11) is 0. The van der Waals surface area contributed by atoms with Crippen molar-refractivity contribution >= 4 is 29.2 Å². The molecule has 25 heavy (non-hydrogen) atoms. The van der Waals surface area contributed by atoms with Crippen LogP contribution in [0.5, 0.6) is 0 Å². The van der Waals surface area contributed by atoms with Crippen molar-refractivity contribution in [1.82, 2.24) is 14.9 Å². The molecule has 2 heterocycles. The number of carbonyl (C=O) groups is 1. The van der Waals surface area contributed by atoms with E-state index < -0.39 is 0 Å². The molecule has 9 heteroatoms. The summed E-state index contributed by atoms with van der Waals surface area (Å²) in [5, 5.41) is 0.336. The molecule has 1 saturated heterocycles. The molecule has 1 aromatic heterocycles. The summed E-state index contributed by atoms with van der Waals surface area (Å²) in [5.74, 6) is 0.0337. The van der Waals surface area contributed by atoms with Crippen LogP contribution in [0.25, 0.3) is 0 Å². The maximum Gasteiger partial charge on any atom is 0.253 e. The summed E-state index contributed by atoms with van der Waals surface area (Å²) in [6.07, 6.45) is 0. The number of rotatable bonds is 4. The monoisotopic (exact) mass is 363 g/mol. The van der Waals surface area contributed by atoms with E-state index in [9.17, 15) is 14.0 Å². The molecule has 0 bridgehead atoms. The Morgan fingerprint density at radius 1 is 1.24 bits per heavy atom. The standard InChI is InChI=1S/C16H18FN5O2S/c17-11-1-3-12(4-2-11)21-5-7-22(8-6-21)15(24)10-25-16-19-13(18)9-14(23)20-16/h1-4,9H,5-8,10H2,(H3,18,19,20,23). The van der Waals surface area contributed by atoms with Crippen molar-refractivity contribution in [2.24, 2.45) is 0 Å². The van der Waals surface area contributed by atoms with E-state index in [1.54, 1.807) is 17.0 Å². The van der Waals surface area contributed by atoms with Crippen LogP contribution in [0.2, 0.25) is 0 Å². The Labute approximate surface area is 148 Å². The lowest BCUT2D eigenvalue weighted by Gasteiger charge is -2.36. The second-order valence-corrected chi connectivity index (χ2v) is 6.57. The van der Waals surface area contributed by atoms with Gasteiger partial charge in [-0.15, -0.1) is 0 Å². The van der Waals surface area contributed by atoms with E-state index in [-0.39, 0.29) is 28.9 Å². The second kappa shape index (κ2) is 7.56. The number of nitrogens with two attached hydrogens (primary N) is 1. The third-order valence-electron chi connectivity index (χ3n) is 3.90. The van der Waals surface area contributed by atoms with Crippen molar-refractivity contribution in [3.63, 3.8) is 0 Å². The molecule has 1 fully saturated rings. The summed E-state index contributed by atoms with van der Waals surface area (Å²) in [4.78, 5) is 34.1. The number of piperazine rings is 1. The average Bonchev–Trinajstić information content (AvgIpc) is 2.60. The van der Waals surface area contributed by atoms with Crippen molar-refractivity contribution in [3.8, 4) is 0 Å². The molecule has 0 spiro atoms. The number of nitrogens with one attached hydrogen (secondary N) is 1. The predicted octanol–water partition coefficient (Wildman–Crippen LogP) is 0.932. The highest BCUT2D eigenvalue weighted by Gasteiger charge is 2.21. The number of anilines is 2. The Kier molecular flexibility index (Phi) is 5.22. The SMILES string of the molecule is Nc1cc(=O)[nH]c(SCC(=O)N2CCN(c3ccc(F)cc3)CC2)n1. The van der Waals surface area contributed by atoms with Crippen LogP contribution in [0.4, 0.5) is 15.9 Å². The number of amides is 1. The van der Waals surface area contributed by atoms with Gasteiger partial charge in [0.25, 0.3) is 5.56 Å². The topological polar surface area (TPSA) is 95.3 Å². The molecular formula is C16H18FN5O2S. The van der Waals surface area contributed by atoms with Gasteiger partial charge in [0.1, 0.15) is 11.6 Å². The summed E-state index contributed by atoms with van der Waals surface area (Å²) in [6.45, 7) is 2.57. The van der Waals surface area contributed by atoms with E-state index in [0.717, 1.165) is 17.4 Å². The number of carbonyl (C=O) groups excluding carboxylic acids is 1. The van der Waals surface area contributed by atoms with Crippen LogP contribution in [0, 0.1) is 5.82 Å². The third kappa shape index (κ3) is 4.50. The van der Waals surface area contributed by atoms with Crippen molar-refractivity contribution in [1.29, 1.82) is 0 Å². The van der Waals surface area contributed by atoms with Crippen LogP contribution < -0.4 is 16.2 Å². The Hall–Kier alpha value is -2.55. The summed E-state index contributed by atoms with van der Waals surface area (Å²) < 4.78 is 13.0. The Bertz CT molecular complexity index is 803. The predicted molar refractivity (Wildman–Crippen MR) is 95.2 cm³/mol. The fourth-order valence-electron chi connectivity index (χ4n) is 2.61. The minimum Gasteiger partial charge on any atom is -0.383 e. The average molecular weight is 363 g/mol. The van der Waals surface area contributed by atoms with Crippen LogP contribution >= 0.6 is 11.8 Å². The first-order valence-electron chi connectivity index (χ1n) is 7.79. The lowest BCUT2D eigenvalue weighted by molar-refractivity contribution is -0.128. The van der Waals surface area contributed by atoms with E-state index in [0.29, 0.717) is 31.3 Å². The van der Waals surface area contributed by atoms with E-state index >= 15 is 0 Å². The second-order valence-electron chi connectivity index (χ2n) is 5.61. The first kappa shape index (κ1) is 17.3. The van der Waals surface area contributed by atoms with Gasteiger partial charge in [-0.3, -0.25) is 9.59 Å². The number of halogens is 1. The Balaban J connectivity index is 1.51. The number of nitrogens with zero attached hydrogens (tertiary/aromatic N) is 3. The lowest BCUT2D eigenvalue weighted by atomic mass is 10.2. The van der Waals surface area contributed by atoms with Gasteiger partial charge in [0.15, 0.2) is 5.16 Å². The van der Waals surface area contributed by atoms with Gasteiger partial charge >= 0.3 is 0 Å². The number of aromatic nitrogens is 2. The van der Waals surface area contributed by atoms with E-state index in [1.807, 2.05) is 0 Å². The van der Waals surface area contributed by atoms with E-state index in [2.05, 4.69) is 14.9 Å². The quantitative estimate of drug-likeness (QED) is 0.620. The number of aromatic amines is 1. The molecule has 3 N–H and O–H groups in total. The molecule has 2 aromatic rings. The van der Waals surface area contributed by atoms with Gasteiger partial charge in [-0.25, -0.2) is 9.37 Å². The first-order chi connectivity index (χ1) is 12.0. The third-order valence-corrected chi connectivity index (χ3v) is 4.75. The normalized spacial score (nSPS) is 14.6. The van der Waals surface area contributed by atoms with Crippen molar-refractivity contribution < 1.29 is 9.18 Å². The van der Waals surface area contributed by atoms with Crippen LogP contribution in [-0.4, -0.2) is 52.7 Å². The molecule has 1 amide bonds. The maximum absolute atomic E-state index is 13.0. The van der Waals surface area contributed by atoms with Crippen molar-refractivity contribution in [3.05, 3.63) is 46.5 Å². The fourth-order valence-corrected chi connectivity index (χ4v) is 3.39. The number of hydrogen-bond donors (Lipinski definition) is 2. The molecule has 1 aliphatic heterocycles. The van der Waals surface area contributed by atoms with Gasteiger partial charge in [-0.2, -0.15) is 0 Å². The molecular weight excluding hydrogens is 345 g/mol. The van der Waals surface area contributed by atoms with Gasteiger partial charge < -0.3 is 20.5 Å². The van der Waals surface area contributed by atoms with Crippen LogP contribution in [0.1, 0.15) is 0 Å². The molecule has 132 valence electrons. The summed E-state index contributed by atoms with van der Waals surface area (Å²) >= 11 is 1.16. The zero-order valence-electron chi connectivity index (χ0n) is 13.4. The van der Waals surface area contributed by atoms with E-state index in [1.165, 1.54) is 18.2 Å². The zero-order valence-corrected chi connectivity index (χ0v) is 14.3. The van der Waals surface area contributed by atoms with Crippen LogP contribution in [0.3, 0.4) is 0 Å². The minimum atomic E-state index is -0.338. The summed E-state index contributed by atoms with van der Waals surface area (Å²) in [6, 6.07) is 7.54.